The molecule has 0 radical (unpaired) electrons. The normalized spacial score (nSPS) is 17.6. The number of furan rings is 1. The number of carbonyl (C=O) groups is 1. The predicted molar refractivity (Wildman–Crippen MR) is 94.8 cm³/mol. The van der Waals surface area contributed by atoms with E-state index in [4.69, 9.17) is 4.42 Å². The van der Waals surface area contributed by atoms with Crippen LogP contribution in [0.1, 0.15) is 18.2 Å². The van der Waals surface area contributed by atoms with Crippen molar-refractivity contribution in [2.24, 2.45) is 0 Å². The topological polar surface area (TPSA) is 48.7 Å². The lowest BCUT2D eigenvalue weighted by Gasteiger charge is -2.37. The highest BCUT2D eigenvalue weighted by molar-refractivity contribution is 5.94. The number of carbonyl (C=O) groups excluding carboxylic acids is 1. The van der Waals surface area contributed by atoms with Crippen LogP contribution in [0.2, 0.25) is 0 Å². The van der Waals surface area contributed by atoms with Crippen molar-refractivity contribution in [2.75, 3.05) is 31.5 Å². The summed E-state index contributed by atoms with van der Waals surface area (Å²) in [5, 5.41) is 3.02. The van der Waals surface area contributed by atoms with E-state index >= 15 is 0 Å². The summed E-state index contributed by atoms with van der Waals surface area (Å²) in [5.41, 5.74) is 2.01. The summed E-state index contributed by atoms with van der Waals surface area (Å²) in [6.45, 7) is 8.52. The standard InChI is InChI=1S/C19H25N3O2/c1-15-5-3-6-17(13-15)20-19(23)16(2)22-10-8-21(9-11-22)14-18-7-4-12-24-18/h3-7,12-13,16H,8-11,14H2,1-2H3,(H,20,23)/t16-/m0/s1. The maximum absolute atomic E-state index is 12.5. The van der Waals surface area contributed by atoms with Crippen molar-refractivity contribution in [3.05, 3.63) is 54.0 Å². The average Bonchev–Trinajstić information content (AvgIpc) is 3.08. The minimum atomic E-state index is -0.128. The van der Waals surface area contributed by atoms with Crippen LogP contribution in [0.3, 0.4) is 0 Å². The molecule has 0 unspecified atom stereocenters. The molecule has 1 aliphatic heterocycles. The molecule has 128 valence electrons. The zero-order chi connectivity index (χ0) is 16.9. The summed E-state index contributed by atoms with van der Waals surface area (Å²) in [6, 6.07) is 11.7. The molecule has 3 rings (SSSR count). The maximum atomic E-state index is 12.5. The molecule has 0 spiro atoms. The van der Waals surface area contributed by atoms with Gasteiger partial charge in [-0.2, -0.15) is 0 Å². The Balaban J connectivity index is 1.49. The molecule has 0 bridgehead atoms. The van der Waals surface area contributed by atoms with E-state index in [1.165, 1.54) is 0 Å². The summed E-state index contributed by atoms with van der Waals surface area (Å²) in [7, 11) is 0. The highest BCUT2D eigenvalue weighted by atomic mass is 16.3. The van der Waals surface area contributed by atoms with Gasteiger partial charge in [-0.3, -0.25) is 14.6 Å². The first-order valence-electron chi connectivity index (χ1n) is 8.48. The number of benzene rings is 1. The van der Waals surface area contributed by atoms with Gasteiger partial charge in [0, 0.05) is 31.9 Å². The van der Waals surface area contributed by atoms with Gasteiger partial charge in [-0.05, 0) is 43.7 Å². The number of amides is 1. The zero-order valence-corrected chi connectivity index (χ0v) is 14.4. The number of anilines is 1. The van der Waals surface area contributed by atoms with Crippen LogP contribution in [0.15, 0.2) is 47.1 Å². The van der Waals surface area contributed by atoms with Gasteiger partial charge in [0.2, 0.25) is 5.91 Å². The third-order valence-corrected chi connectivity index (χ3v) is 4.58. The van der Waals surface area contributed by atoms with E-state index in [1.54, 1.807) is 6.26 Å². The van der Waals surface area contributed by atoms with E-state index in [0.29, 0.717) is 0 Å². The Morgan fingerprint density at radius 3 is 2.67 bits per heavy atom. The van der Waals surface area contributed by atoms with Crippen LogP contribution in [0.4, 0.5) is 5.69 Å². The van der Waals surface area contributed by atoms with Crippen molar-refractivity contribution in [1.82, 2.24) is 9.80 Å². The van der Waals surface area contributed by atoms with Crippen molar-refractivity contribution in [2.45, 2.75) is 26.4 Å². The Morgan fingerprint density at radius 1 is 1.21 bits per heavy atom. The van der Waals surface area contributed by atoms with Crippen LogP contribution in [-0.2, 0) is 11.3 Å². The largest absolute Gasteiger partial charge is 0.468 e. The molecular formula is C19H25N3O2. The highest BCUT2D eigenvalue weighted by Crippen LogP contribution is 2.14. The van der Waals surface area contributed by atoms with Crippen molar-refractivity contribution in [1.29, 1.82) is 0 Å². The second-order valence-electron chi connectivity index (χ2n) is 6.43. The summed E-state index contributed by atoms with van der Waals surface area (Å²) in [4.78, 5) is 17.1. The fourth-order valence-corrected chi connectivity index (χ4v) is 3.07. The van der Waals surface area contributed by atoms with Gasteiger partial charge in [0.25, 0.3) is 0 Å². The Bertz CT molecular complexity index is 661. The zero-order valence-electron chi connectivity index (χ0n) is 14.4. The minimum absolute atomic E-state index is 0.0556. The number of hydrogen-bond acceptors (Lipinski definition) is 4. The lowest BCUT2D eigenvalue weighted by Crippen LogP contribution is -2.52. The van der Waals surface area contributed by atoms with Crippen LogP contribution in [0.5, 0.6) is 0 Å². The first-order chi connectivity index (χ1) is 11.6. The Hall–Kier alpha value is -2.11. The number of nitrogens with one attached hydrogen (secondary N) is 1. The second-order valence-corrected chi connectivity index (χ2v) is 6.43. The van der Waals surface area contributed by atoms with Gasteiger partial charge in [-0.15, -0.1) is 0 Å². The molecule has 24 heavy (non-hydrogen) atoms. The van der Waals surface area contributed by atoms with Crippen molar-refractivity contribution in [3.63, 3.8) is 0 Å². The molecule has 0 aliphatic carbocycles. The second kappa shape index (κ2) is 7.64. The number of aryl methyl sites for hydroxylation is 1. The SMILES string of the molecule is Cc1cccc(NC(=O)[C@H](C)N2CCN(Cc3ccco3)CC2)c1. The van der Waals surface area contributed by atoms with Crippen LogP contribution >= 0.6 is 0 Å². The van der Waals surface area contributed by atoms with Crippen molar-refractivity contribution >= 4 is 11.6 Å². The molecular weight excluding hydrogens is 302 g/mol. The molecule has 5 heteroatoms. The molecule has 1 saturated heterocycles. The third kappa shape index (κ3) is 4.24. The Kier molecular flexibility index (Phi) is 5.33. The fraction of sp³-hybridized carbons (Fsp3) is 0.421. The maximum Gasteiger partial charge on any atom is 0.241 e. The van der Waals surface area contributed by atoms with E-state index < -0.39 is 0 Å². The number of rotatable bonds is 5. The summed E-state index contributed by atoms with van der Waals surface area (Å²) >= 11 is 0. The predicted octanol–water partition coefficient (Wildman–Crippen LogP) is 2.73. The van der Waals surface area contributed by atoms with Gasteiger partial charge in [-0.25, -0.2) is 0 Å². The lowest BCUT2D eigenvalue weighted by atomic mass is 10.2. The van der Waals surface area contributed by atoms with Gasteiger partial charge in [0.15, 0.2) is 0 Å². The molecule has 5 nitrogen and oxygen atoms in total. The van der Waals surface area contributed by atoms with Crippen LogP contribution in [-0.4, -0.2) is 47.9 Å². The van der Waals surface area contributed by atoms with Gasteiger partial charge in [0.1, 0.15) is 5.76 Å². The fourth-order valence-electron chi connectivity index (χ4n) is 3.07. The minimum Gasteiger partial charge on any atom is -0.468 e. The number of nitrogens with zero attached hydrogens (tertiary/aromatic N) is 2. The van der Waals surface area contributed by atoms with E-state index in [0.717, 1.165) is 49.7 Å². The van der Waals surface area contributed by atoms with E-state index in [-0.39, 0.29) is 11.9 Å². The molecule has 1 N–H and O–H groups in total. The third-order valence-electron chi connectivity index (χ3n) is 4.58. The lowest BCUT2D eigenvalue weighted by molar-refractivity contribution is -0.121. The van der Waals surface area contributed by atoms with E-state index in [9.17, 15) is 4.79 Å². The van der Waals surface area contributed by atoms with E-state index in [2.05, 4.69) is 15.1 Å². The van der Waals surface area contributed by atoms with E-state index in [1.807, 2.05) is 50.2 Å². The average molecular weight is 327 g/mol. The Morgan fingerprint density at radius 2 is 2.00 bits per heavy atom. The monoisotopic (exact) mass is 327 g/mol. The van der Waals surface area contributed by atoms with Crippen LogP contribution in [0.25, 0.3) is 0 Å². The molecule has 0 saturated carbocycles. The molecule has 1 amide bonds. The first kappa shape index (κ1) is 16.7. The molecule has 1 aliphatic rings. The molecule has 1 fully saturated rings. The molecule has 2 aromatic rings. The molecule has 1 aromatic heterocycles. The molecule has 1 aromatic carbocycles. The first-order valence-corrected chi connectivity index (χ1v) is 8.48. The van der Waals surface area contributed by atoms with Crippen molar-refractivity contribution < 1.29 is 9.21 Å². The van der Waals surface area contributed by atoms with Gasteiger partial charge < -0.3 is 9.73 Å². The van der Waals surface area contributed by atoms with Gasteiger partial charge >= 0.3 is 0 Å². The summed E-state index contributed by atoms with van der Waals surface area (Å²) in [6.07, 6.45) is 1.71. The van der Waals surface area contributed by atoms with Crippen LogP contribution < -0.4 is 5.32 Å². The molecule has 1 atom stereocenters. The highest BCUT2D eigenvalue weighted by Gasteiger charge is 2.25. The molecule has 2 heterocycles. The summed E-state index contributed by atoms with van der Waals surface area (Å²) in [5.74, 6) is 1.05. The Labute approximate surface area is 143 Å². The van der Waals surface area contributed by atoms with Gasteiger partial charge in [-0.1, -0.05) is 12.1 Å². The van der Waals surface area contributed by atoms with Crippen molar-refractivity contribution in [3.8, 4) is 0 Å². The summed E-state index contributed by atoms with van der Waals surface area (Å²) < 4.78 is 5.41. The number of piperazine rings is 1. The van der Waals surface area contributed by atoms with Gasteiger partial charge in [0.05, 0.1) is 18.8 Å². The quantitative estimate of drug-likeness (QED) is 0.917. The smallest absolute Gasteiger partial charge is 0.241 e. The number of hydrogen-bond donors (Lipinski definition) is 1. The van der Waals surface area contributed by atoms with Crippen LogP contribution in [0, 0.1) is 6.92 Å².